The van der Waals surface area contributed by atoms with E-state index in [1.54, 1.807) is 0 Å². The molecular formula is C21H31NO3. The Kier molecular flexibility index (Phi) is 5.94. The maximum absolute atomic E-state index is 11.4. The molecule has 0 aliphatic carbocycles. The number of piperidine rings is 1. The number of likely N-dealkylation sites (tertiary alicyclic amines) is 1. The highest BCUT2D eigenvalue weighted by atomic mass is 16.5. The molecule has 0 aromatic heterocycles. The molecule has 1 aliphatic heterocycles. The van der Waals surface area contributed by atoms with Crippen LogP contribution in [0.15, 0.2) is 42.2 Å². The van der Waals surface area contributed by atoms with Gasteiger partial charge in [-0.2, -0.15) is 0 Å². The summed E-state index contributed by atoms with van der Waals surface area (Å²) in [5, 5.41) is 0. The summed E-state index contributed by atoms with van der Waals surface area (Å²) in [5.74, 6) is 0.234. The first-order valence-corrected chi connectivity index (χ1v) is 8.88. The Bertz CT molecular complexity index is 601. The second kappa shape index (κ2) is 7.61. The van der Waals surface area contributed by atoms with Crippen LogP contribution in [0.4, 0.5) is 0 Å². The van der Waals surface area contributed by atoms with Gasteiger partial charge in [0, 0.05) is 30.5 Å². The smallest absolute Gasteiger partial charge is 0.333 e. The Labute approximate surface area is 151 Å². The van der Waals surface area contributed by atoms with Gasteiger partial charge in [-0.25, -0.2) is 4.79 Å². The van der Waals surface area contributed by atoms with Crippen molar-refractivity contribution in [3.63, 3.8) is 0 Å². The molecule has 0 saturated carbocycles. The number of rotatable bonds is 5. The van der Waals surface area contributed by atoms with Crippen molar-refractivity contribution in [1.82, 2.24) is 4.90 Å². The number of allylic oxidation sites excluding steroid dienone is 1. The molecule has 2 rings (SSSR count). The van der Waals surface area contributed by atoms with Gasteiger partial charge in [0.1, 0.15) is 11.9 Å². The number of nitrogens with zero attached hydrogens (tertiary/aromatic N) is 1. The van der Waals surface area contributed by atoms with Crippen LogP contribution in [0.3, 0.4) is 0 Å². The molecular weight excluding hydrogens is 314 g/mol. The average molecular weight is 345 g/mol. The lowest BCUT2D eigenvalue weighted by Crippen LogP contribution is -2.61. The first kappa shape index (κ1) is 19.5. The Hall–Kier alpha value is -1.81. The SMILES string of the molecule is COC(=O)/C=C(/C)OC1CC(C)(C)N(Cc2ccccc2)C(C)(C)C1. The molecule has 1 fully saturated rings. The summed E-state index contributed by atoms with van der Waals surface area (Å²) >= 11 is 0. The number of carbonyl (C=O) groups excluding carboxylic acids is 1. The summed E-state index contributed by atoms with van der Waals surface area (Å²) in [5.41, 5.74) is 1.31. The maximum Gasteiger partial charge on any atom is 0.333 e. The molecule has 0 spiro atoms. The first-order valence-electron chi connectivity index (χ1n) is 8.88. The first-order chi connectivity index (χ1) is 11.6. The number of benzene rings is 1. The lowest BCUT2D eigenvalue weighted by Gasteiger charge is -2.55. The second-order valence-corrected chi connectivity index (χ2v) is 8.12. The van der Waals surface area contributed by atoms with E-state index in [1.165, 1.54) is 18.7 Å². The molecule has 4 nitrogen and oxygen atoms in total. The number of carbonyl (C=O) groups is 1. The van der Waals surface area contributed by atoms with Gasteiger partial charge in [0.2, 0.25) is 0 Å². The summed E-state index contributed by atoms with van der Waals surface area (Å²) in [7, 11) is 1.38. The van der Waals surface area contributed by atoms with E-state index < -0.39 is 0 Å². The fraction of sp³-hybridized carbons (Fsp3) is 0.571. The van der Waals surface area contributed by atoms with Crippen LogP contribution in [0, 0.1) is 0 Å². The molecule has 1 aromatic carbocycles. The summed E-state index contributed by atoms with van der Waals surface area (Å²) in [4.78, 5) is 14.0. The van der Waals surface area contributed by atoms with Gasteiger partial charge in [0.25, 0.3) is 0 Å². The lowest BCUT2D eigenvalue weighted by molar-refractivity contribution is -0.135. The van der Waals surface area contributed by atoms with Crippen molar-refractivity contribution in [2.75, 3.05) is 7.11 Å². The van der Waals surface area contributed by atoms with Gasteiger partial charge in [-0.1, -0.05) is 30.3 Å². The highest BCUT2D eigenvalue weighted by Crippen LogP contribution is 2.41. The van der Waals surface area contributed by atoms with Crippen molar-refractivity contribution in [3.8, 4) is 0 Å². The average Bonchev–Trinajstić information content (AvgIpc) is 2.51. The van der Waals surface area contributed by atoms with Crippen LogP contribution in [-0.2, 0) is 20.8 Å². The normalized spacial score (nSPS) is 21.0. The largest absolute Gasteiger partial charge is 0.495 e. The molecule has 1 heterocycles. The Morgan fingerprint density at radius 1 is 1.16 bits per heavy atom. The van der Waals surface area contributed by atoms with Crippen LogP contribution < -0.4 is 0 Å². The fourth-order valence-electron chi connectivity index (χ4n) is 4.03. The summed E-state index contributed by atoms with van der Waals surface area (Å²) in [6.07, 6.45) is 3.32. The van der Waals surface area contributed by atoms with E-state index in [2.05, 4.69) is 67.7 Å². The van der Waals surface area contributed by atoms with Crippen molar-refractivity contribution in [2.24, 2.45) is 0 Å². The summed E-state index contributed by atoms with van der Waals surface area (Å²) in [6.45, 7) is 11.8. The van der Waals surface area contributed by atoms with E-state index in [1.807, 2.05) is 6.92 Å². The van der Waals surface area contributed by atoms with Crippen LogP contribution in [-0.4, -0.2) is 35.2 Å². The molecule has 0 radical (unpaired) electrons. The molecule has 0 bridgehead atoms. The minimum Gasteiger partial charge on any atom is -0.495 e. The van der Waals surface area contributed by atoms with Crippen LogP contribution in [0.25, 0.3) is 0 Å². The summed E-state index contributed by atoms with van der Waals surface area (Å²) in [6, 6.07) is 10.6. The Balaban J connectivity index is 2.13. The lowest BCUT2D eigenvalue weighted by atomic mass is 9.77. The molecule has 0 N–H and O–H groups in total. The van der Waals surface area contributed by atoms with Gasteiger partial charge < -0.3 is 9.47 Å². The van der Waals surface area contributed by atoms with Crippen molar-refractivity contribution in [2.45, 2.75) is 71.2 Å². The highest BCUT2D eigenvalue weighted by Gasteiger charge is 2.45. The number of hydrogen-bond donors (Lipinski definition) is 0. The van der Waals surface area contributed by atoms with Gasteiger partial charge in [0.15, 0.2) is 0 Å². The predicted molar refractivity (Wildman–Crippen MR) is 100 cm³/mol. The van der Waals surface area contributed by atoms with E-state index >= 15 is 0 Å². The summed E-state index contributed by atoms with van der Waals surface area (Å²) < 4.78 is 10.7. The predicted octanol–water partition coefficient (Wildman–Crippen LogP) is 4.30. The van der Waals surface area contributed by atoms with Crippen molar-refractivity contribution < 1.29 is 14.3 Å². The molecule has 1 saturated heterocycles. The van der Waals surface area contributed by atoms with Crippen LogP contribution in [0.5, 0.6) is 0 Å². The van der Waals surface area contributed by atoms with Gasteiger partial charge >= 0.3 is 5.97 Å². The molecule has 1 aromatic rings. The van der Waals surface area contributed by atoms with Crippen LogP contribution >= 0.6 is 0 Å². The third kappa shape index (κ3) is 5.08. The maximum atomic E-state index is 11.4. The molecule has 1 aliphatic rings. The third-order valence-electron chi connectivity index (χ3n) is 4.97. The third-order valence-corrected chi connectivity index (χ3v) is 4.97. The standard InChI is InChI=1S/C21H31NO3/c1-16(12-19(23)24-6)25-18-13-20(2,3)22(21(4,5)14-18)15-17-10-8-7-9-11-17/h7-12,18H,13-15H2,1-6H3/b16-12-. The second-order valence-electron chi connectivity index (χ2n) is 8.12. The number of methoxy groups -OCH3 is 1. The monoisotopic (exact) mass is 345 g/mol. The topological polar surface area (TPSA) is 38.8 Å². The van der Waals surface area contributed by atoms with Gasteiger partial charge in [-0.15, -0.1) is 0 Å². The number of ether oxygens (including phenoxy) is 2. The Morgan fingerprint density at radius 2 is 1.72 bits per heavy atom. The molecule has 25 heavy (non-hydrogen) atoms. The van der Waals surface area contributed by atoms with E-state index in [0.29, 0.717) is 5.76 Å². The van der Waals surface area contributed by atoms with Gasteiger partial charge in [0.05, 0.1) is 13.2 Å². The zero-order valence-corrected chi connectivity index (χ0v) is 16.3. The van der Waals surface area contributed by atoms with E-state index in [0.717, 1.165) is 19.4 Å². The van der Waals surface area contributed by atoms with E-state index in [4.69, 9.17) is 4.74 Å². The number of hydrogen-bond acceptors (Lipinski definition) is 4. The zero-order valence-electron chi connectivity index (χ0n) is 16.3. The molecule has 0 unspecified atom stereocenters. The number of esters is 1. The molecule has 138 valence electrons. The van der Waals surface area contributed by atoms with Gasteiger partial charge in [-0.3, -0.25) is 4.90 Å². The van der Waals surface area contributed by atoms with E-state index in [9.17, 15) is 4.79 Å². The molecule has 0 amide bonds. The van der Waals surface area contributed by atoms with Crippen molar-refractivity contribution >= 4 is 5.97 Å². The van der Waals surface area contributed by atoms with Crippen molar-refractivity contribution in [3.05, 3.63) is 47.7 Å². The Morgan fingerprint density at radius 3 is 2.24 bits per heavy atom. The van der Waals surface area contributed by atoms with Crippen LogP contribution in [0.2, 0.25) is 0 Å². The molecule has 4 heteroatoms. The van der Waals surface area contributed by atoms with Crippen molar-refractivity contribution in [1.29, 1.82) is 0 Å². The zero-order chi connectivity index (χ0) is 18.7. The highest BCUT2D eigenvalue weighted by molar-refractivity contribution is 5.82. The van der Waals surface area contributed by atoms with E-state index in [-0.39, 0.29) is 23.2 Å². The fourth-order valence-corrected chi connectivity index (χ4v) is 4.03. The quantitative estimate of drug-likeness (QED) is 0.453. The van der Waals surface area contributed by atoms with Gasteiger partial charge in [-0.05, 0) is 40.2 Å². The molecule has 0 atom stereocenters. The minimum absolute atomic E-state index is 0.00615. The minimum atomic E-state index is -0.377. The van der Waals surface area contributed by atoms with Crippen LogP contribution in [0.1, 0.15) is 53.0 Å².